The number of hydrogen-bond donors (Lipinski definition) is 0. The Balaban J connectivity index is 1.69. The molecule has 3 aromatic rings. The maximum absolute atomic E-state index is 11.5. The Morgan fingerprint density at radius 1 is 1.07 bits per heavy atom. The fourth-order valence-corrected chi connectivity index (χ4v) is 4.34. The molecule has 3 heterocycles. The summed E-state index contributed by atoms with van der Waals surface area (Å²) in [5.41, 5.74) is 2.80. The minimum absolute atomic E-state index is 0.00567. The zero-order chi connectivity index (χ0) is 20.7. The smallest absolute Gasteiger partial charge is 0.270 e. The number of nitro benzene ring substituents is 1. The fourth-order valence-electron chi connectivity index (χ4n) is 4.12. The van der Waals surface area contributed by atoms with Crippen LogP contribution in [0.25, 0.3) is 5.69 Å². The summed E-state index contributed by atoms with van der Waals surface area (Å²) < 4.78 is 1.99. The Morgan fingerprint density at radius 2 is 1.87 bits per heavy atom. The molecule has 0 bridgehead atoms. The van der Waals surface area contributed by atoms with E-state index in [0.29, 0.717) is 35.2 Å². The lowest BCUT2D eigenvalue weighted by Crippen LogP contribution is -2.21. The number of halogens is 1. The van der Waals surface area contributed by atoms with Gasteiger partial charge in [-0.2, -0.15) is 0 Å². The van der Waals surface area contributed by atoms with Crippen LogP contribution in [0.2, 0.25) is 5.02 Å². The monoisotopic (exact) mass is 422 g/mol. The Hall–Kier alpha value is -3.10. The Kier molecular flexibility index (Phi) is 4.80. The molecule has 0 saturated carbocycles. The van der Waals surface area contributed by atoms with Gasteiger partial charge in [-0.3, -0.25) is 24.6 Å². The van der Waals surface area contributed by atoms with E-state index in [0.717, 1.165) is 30.2 Å². The molecular formula is C21H19ClN6O2. The van der Waals surface area contributed by atoms with Gasteiger partial charge in [0, 0.05) is 28.3 Å². The van der Waals surface area contributed by atoms with Crippen molar-refractivity contribution in [3.05, 3.63) is 80.4 Å². The second kappa shape index (κ2) is 7.62. The van der Waals surface area contributed by atoms with Crippen molar-refractivity contribution in [2.45, 2.75) is 25.9 Å². The van der Waals surface area contributed by atoms with E-state index in [2.05, 4.69) is 15.1 Å². The van der Waals surface area contributed by atoms with Crippen LogP contribution in [0.5, 0.6) is 0 Å². The van der Waals surface area contributed by atoms with Gasteiger partial charge >= 0.3 is 0 Å². The molecule has 1 saturated heterocycles. The second-order valence-electron chi connectivity index (χ2n) is 7.45. The summed E-state index contributed by atoms with van der Waals surface area (Å²) in [4.78, 5) is 18.2. The van der Waals surface area contributed by atoms with Gasteiger partial charge in [0.05, 0.1) is 22.9 Å². The predicted molar refractivity (Wildman–Crippen MR) is 113 cm³/mol. The van der Waals surface area contributed by atoms with Gasteiger partial charge in [-0.05, 0) is 38.1 Å². The van der Waals surface area contributed by atoms with E-state index in [1.54, 1.807) is 18.2 Å². The van der Waals surface area contributed by atoms with Gasteiger partial charge in [0.1, 0.15) is 6.54 Å². The highest BCUT2D eigenvalue weighted by molar-refractivity contribution is 6.35. The van der Waals surface area contributed by atoms with E-state index in [9.17, 15) is 10.1 Å². The van der Waals surface area contributed by atoms with E-state index in [1.165, 1.54) is 18.9 Å². The molecular weight excluding hydrogens is 404 g/mol. The molecule has 0 radical (unpaired) electrons. The lowest BCUT2D eigenvalue weighted by atomic mass is 9.99. The predicted octanol–water partition coefficient (Wildman–Crippen LogP) is 3.78. The molecule has 0 aliphatic carbocycles. The average molecular weight is 423 g/mol. The first kappa shape index (κ1) is 18.9. The quantitative estimate of drug-likeness (QED) is 0.471. The summed E-state index contributed by atoms with van der Waals surface area (Å²) in [5.74, 6) is 1.53. The molecule has 0 spiro atoms. The van der Waals surface area contributed by atoms with Crippen molar-refractivity contribution in [3.63, 3.8) is 0 Å². The van der Waals surface area contributed by atoms with Gasteiger partial charge in [0.2, 0.25) is 0 Å². The van der Waals surface area contributed by atoms with Crippen molar-refractivity contribution in [2.24, 2.45) is 4.99 Å². The maximum atomic E-state index is 11.5. The van der Waals surface area contributed by atoms with E-state index in [4.69, 9.17) is 16.6 Å². The van der Waals surface area contributed by atoms with Gasteiger partial charge in [-0.25, -0.2) is 0 Å². The molecule has 2 aliphatic rings. The van der Waals surface area contributed by atoms with Crippen LogP contribution in [0.4, 0.5) is 5.69 Å². The fraction of sp³-hybridized carbons (Fsp3) is 0.286. The molecule has 2 aromatic carbocycles. The summed E-state index contributed by atoms with van der Waals surface area (Å²) >= 11 is 6.45. The number of aromatic nitrogens is 3. The summed E-state index contributed by atoms with van der Waals surface area (Å²) in [6.07, 6.45) is 2.37. The number of benzene rings is 2. The Labute approximate surface area is 178 Å². The average Bonchev–Trinajstić information content (AvgIpc) is 3.36. The number of likely N-dealkylation sites (tertiary alicyclic amines) is 1. The third-order valence-electron chi connectivity index (χ3n) is 5.56. The van der Waals surface area contributed by atoms with Crippen LogP contribution in [0, 0.1) is 10.1 Å². The lowest BCUT2D eigenvalue weighted by Gasteiger charge is -2.17. The molecule has 5 rings (SSSR count). The Morgan fingerprint density at radius 3 is 2.63 bits per heavy atom. The SMILES string of the molecule is O=[N+]([O-])c1ccc2c(c1)C(c1ccccc1Cl)=NCc1nnc(CN3CCCC3)n1-2. The third kappa shape index (κ3) is 3.28. The van der Waals surface area contributed by atoms with Crippen molar-refractivity contribution < 1.29 is 4.92 Å². The molecule has 0 N–H and O–H groups in total. The van der Waals surface area contributed by atoms with Crippen molar-refractivity contribution >= 4 is 23.0 Å². The number of hydrogen-bond acceptors (Lipinski definition) is 6. The summed E-state index contributed by atoms with van der Waals surface area (Å²) in [5, 5.41) is 20.8. The molecule has 30 heavy (non-hydrogen) atoms. The number of rotatable bonds is 4. The first-order valence-corrected chi connectivity index (χ1v) is 10.2. The van der Waals surface area contributed by atoms with Crippen LogP contribution in [0.3, 0.4) is 0 Å². The summed E-state index contributed by atoms with van der Waals surface area (Å²) in [6, 6.07) is 12.2. The van der Waals surface area contributed by atoms with Crippen LogP contribution in [0.1, 0.15) is 35.6 Å². The molecule has 2 aliphatic heterocycles. The largest absolute Gasteiger partial charge is 0.296 e. The first-order chi connectivity index (χ1) is 14.6. The highest BCUT2D eigenvalue weighted by Gasteiger charge is 2.27. The van der Waals surface area contributed by atoms with Gasteiger partial charge in [-0.1, -0.05) is 29.8 Å². The van der Waals surface area contributed by atoms with Gasteiger partial charge in [0.15, 0.2) is 11.6 Å². The molecule has 9 heteroatoms. The van der Waals surface area contributed by atoms with Crippen LogP contribution in [-0.4, -0.2) is 43.4 Å². The zero-order valence-corrected chi connectivity index (χ0v) is 16.9. The summed E-state index contributed by atoms with van der Waals surface area (Å²) in [6.45, 7) is 3.08. The molecule has 0 amide bonds. The first-order valence-electron chi connectivity index (χ1n) is 9.86. The second-order valence-corrected chi connectivity index (χ2v) is 7.86. The van der Waals surface area contributed by atoms with Crippen LogP contribution in [0.15, 0.2) is 47.5 Å². The number of non-ortho nitro benzene ring substituents is 1. The Bertz CT molecular complexity index is 1170. The molecule has 0 atom stereocenters. The van der Waals surface area contributed by atoms with Crippen LogP contribution >= 0.6 is 11.6 Å². The van der Waals surface area contributed by atoms with E-state index in [-0.39, 0.29) is 5.69 Å². The minimum atomic E-state index is -0.395. The standard InChI is InChI=1S/C21H19ClN6O2/c22-17-6-2-1-5-15(17)21-16-11-14(28(29)30)7-8-18(16)27-19(12-23-21)24-25-20(27)13-26-9-3-4-10-26/h1-2,5-8,11H,3-4,9-10,12-13H2. The van der Waals surface area contributed by atoms with Crippen molar-refractivity contribution in [1.82, 2.24) is 19.7 Å². The number of nitrogens with zero attached hydrogens (tertiary/aromatic N) is 6. The molecule has 0 unspecified atom stereocenters. The maximum Gasteiger partial charge on any atom is 0.270 e. The number of fused-ring (bicyclic) bond motifs is 3. The highest BCUT2D eigenvalue weighted by Crippen LogP contribution is 2.31. The van der Waals surface area contributed by atoms with Gasteiger partial charge < -0.3 is 0 Å². The van der Waals surface area contributed by atoms with E-state index in [1.807, 2.05) is 22.8 Å². The molecule has 152 valence electrons. The van der Waals surface area contributed by atoms with Crippen LogP contribution in [-0.2, 0) is 13.1 Å². The van der Waals surface area contributed by atoms with Gasteiger partial charge in [-0.15, -0.1) is 10.2 Å². The van der Waals surface area contributed by atoms with E-state index >= 15 is 0 Å². The molecule has 1 fully saturated rings. The van der Waals surface area contributed by atoms with Crippen LogP contribution < -0.4 is 0 Å². The van der Waals surface area contributed by atoms with Crippen molar-refractivity contribution in [1.29, 1.82) is 0 Å². The zero-order valence-electron chi connectivity index (χ0n) is 16.2. The van der Waals surface area contributed by atoms with Gasteiger partial charge in [0.25, 0.3) is 5.69 Å². The minimum Gasteiger partial charge on any atom is -0.296 e. The molecule has 8 nitrogen and oxygen atoms in total. The van der Waals surface area contributed by atoms with E-state index < -0.39 is 4.92 Å². The van der Waals surface area contributed by atoms with Crippen molar-refractivity contribution in [2.75, 3.05) is 13.1 Å². The summed E-state index contributed by atoms with van der Waals surface area (Å²) in [7, 11) is 0. The normalized spacial score (nSPS) is 16.0. The third-order valence-corrected chi connectivity index (χ3v) is 5.88. The number of nitro groups is 1. The number of aliphatic imine (C=N–C) groups is 1. The lowest BCUT2D eigenvalue weighted by molar-refractivity contribution is -0.384. The van der Waals surface area contributed by atoms with Crippen molar-refractivity contribution in [3.8, 4) is 5.69 Å². The molecule has 1 aromatic heterocycles. The topological polar surface area (TPSA) is 89.4 Å². The highest BCUT2D eigenvalue weighted by atomic mass is 35.5.